The van der Waals surface area contributed by atoms with Crippen LogP contribution in [0.2, 0.25) is 0 Å². The van der Waals surface area contributed by atoms with E-state index in [1.807, 2.05) is 20.8 Å². The Morgan fingerprint density at radius 3 is 2.53 bits per heavy atom. The molecule has 0 aromatic carbocycles. The van der Waals surface area contributed by atoms with Crippen molar-refractivity contribution < 1.29 is 9.53 Å². The van der Waals surface area contributed by atoms with E-state index >= 15 is 0 Å². The third-order valence-corrected chi connectivity index (χ3v) is 4.15. The van der Waals surface area contributed by atoms with Crippen molar-refractivity contribution >= 4 is 5.97 Å². The fourth-order valence-corrected chi connectivity index (χ4v) is 3.46. The van der Waals surface area contributed by atoms with Gasteiger partial charge >= 0.3 is 5.97 Å². The number of ether oxygens (including phenoxy) is 1. The molecule has 2 aliphatic carbocycles. The molecule has 17 heavy (non-hydrogen) atoms. The monoisotopic (exact) mass is 239 g/mol. The van der Waals surface area contributed by atoms with Gasteiger partial charge in [-0.15, -0.1) is 0 Å². The van der Waals surface area contributed by atoms with Crippen molar-refractivity contribution in [2.24, 2.45) is 23.5 Å². The number of carbonyl (C=O) groups is 1. The first-order valence-electron chi connectivity index (χ1n) is 6.83. The van der Waals surface area contributed by atoms with E-state index in [9.17, 15) is 4.79 Å². The Morgan fingerprint density at radius 2 is 2.06 bits per heavy atom. The summed E-state index contributed by atoms with van der Waals surface area (Å²) in [6.07, 6.45) is 6.20. The summed E-state index contributed by atoms with van der Waals surface area (Å²) in [4.78, 5) is 11.8. The zero-order chi connectivity index (χ0) is 12.6. The lowest BCUT2D eigenvalue weighted by Crippen LogP contribution is -2.39. The number of rotatable bonds is 3. The molecule has 0 aliphatic heterocycles. The molecule has 2 N–H and O–H groups in total. The zero-order valence-electron chi connectivity index (χ0n) is 11.2. The largest absolute Gasteiger partial charge is 0.459 e. The fourth-order valence-electron chi connectivity index (χ4n) is 3.46. The van der Waals surface area contributed by atoms with E-state index in [1.165, 1.54) is 25.7 Å². The maximum absolute atomic E-state index is 11.8. The van der Waals surface area contributed by atoms with Crippen molar-refractivity contribution in [3.8, 4) is 0 Å². The highest BCUT2D eigenvalue weighted by Gasteiger charge is 2.40. The summed E-state index contributed by atoms with van der Waals surface area (Å²) in [6, 6.07) is -0.432. The third-order valence-electron chi connectivity index (χ3n) is 4.15. The highest BCUT2D eigenvalue weighted by Crippen LogP contribution is 2.49. The smallest absolute Gasteiger partial charge is 0.323 e. The molecule has 0 saturated heterocycles. The van der Waals surface area contributed by atoms with E-state index in [4.69, 9.17) is 10.5 Å². The molecule has 0 spiro atoms. The standard InChI is InChI=1S/C14H25NO2/c1-14(2,3)17-13(16)12(15)8-11-7-9-4-5-10(11)6-9/h9-12H,4-8,15H2,1-3H3. The summed E-state index contributed by atoms with van der Waals surface area (Å²) in [6.45, 7) is 5.65. The molecule has 4 atom stereocenters. The Balaban J connectivity index is 1.81. The molecule has 3 nitrogen and oxygen atoms in total. The van der Waals surface area contributed by atoms with E-state index in [2.05, 4.69) is 0 Å². The van der Waals surface area contributed by atoms with E-state index < -0.39 is 11.6 Å². The van der Waals surface area contributed by atoms with Gasteiger partial charge in [-0.05, 0) is 64.2 Å². The Kier molecular flexibility index (Phi) is 3.48. The molecule has 0 amide bonds. The van der Waals surface area contributed by atoms with Gasteiger partial charge in [-0.2, -0.15) is 0 Å². The van der Waals surface area contributed by atoms with Crippen LogP contribution in [0.3, 0.4) is 0 Å². The minimum Gasteiger partial charge on any atom is -0.459 e. The summed E-state index contributed by atoms with van der Waals surface area (Å²) < 4.78 is 5.33. The average Bonchev–Trinajstić information content (AvgIpc) is 2.76. The second-order valence-electron chi connectivity index (χ2n) is 6.81. The number of nitrogens with two attached hydrogens (primary N) is 1. The summed E-state index contributed by atoms with van der Waals surface area (Å²) in [7, 11) is 0. The lowest BCUT2D eigenvalue weighted by Gasteiger charge is -2.26. The van der Waals surface area contributed by atoms with Crippen molar-refractivity contribution in [3.63, 3.8) is 0 Å². The van der Waals surface area contributed by atoms with Gasteiger partial charge in [-0.3, -0.25) is 4.79 Å². The molecule has 0 heterocycles. The van der Waals surface area contributed by atoms with E-state index in [-0.39, 0.29) is 5.97 Å². The SMILES string of the molecule is CC(C)(C)OC(=O)C(N)CC1CC2CCC1C2. The second kappa shape index (κ2) is 4.60. The molecule has 0 aromatic heterocycles. The topological polar surface area (TPSA) is 52.3 Å². The third kappa shape index (κ3) is 3.21. The summed E-state index contributed by atoms with van der Waals surface area (Å²) in [5.74, 6) is 2.17. The van der Waals surface area contributed by atoms with Crippen molar-refractivity contribution in [1.29, 1.82) is 0 Å². The zero-order valence-corrected chi connectivity index (χ0v) is 11.2. The van der Waals surface area contributed by atoms with Crippen LogP contribution in [0.5, 0.6) is 0 Å². The maximum atomic E-state index is 11.8. The normalized spacial score (nSPS) is 33.8. The van der Waals surface area contributed by atoms with Crippen LogP contribution in [0.4, 0.5) is 0 Å². The number of esters is 1. The van der Waals surface area contributed by atoms with Crippen LogP contribution in [0.1, 0.15) is 52.9 Å². The van der Waals surface area contributed by atoms with Gasteiger partial charge in [-0.1, -0.05) is 6.42 Å². The number of fused-ring (bicyclic) bond motifs is 2. The van der Waals surface area contributed by atoms with Crippen LogP contribution in [-0.4, -0.2) is 17.6 Å². The molecule has 3 heteroatoms. The lowest BCUT2D eigenvalue weighted by molar-refractivity contribution is -0.157. The maximum Gasteiger partial charge on any atom is 0.323 e. The van der Waals surface area contributed by atoms with E-state index in [0.29, 0.717) is 5.92 Å². The van der Waals surface area contributed by atoms with Crippen LogP contribution in [0, 0.1) is 17.8 Å². The van der Waals surface area contributed by atoms with E-state index in [0.717, 1.165) is 18.3 Å². The van der Waals surface area contributed by atoms with Gasteiger partial charge in [0.15, 0.2) is 0 Å². The van der Waals surface area contributed by atoms with E-state index in [1.54, 1.807) is 0 Å². The van der Waals surface area contributed by atoms with Crippen LogP contribution < -0.4 is 5.73 Å². The Morgan fingerprint density at radius 1 is 1.35 bits per heavy atom. The molecule has 4 unspecified atom stereocenters. The van der Waals surface area contributed by atoms with Crippen molar-refractivity contribution in [3.05, 3.63) is 0 Å². The molecular formula is C14H25NO2. The van der Waals surface area contributed by atoms with Crippen molar-refractivity contribution in [2.45, 2.75) is 64.5 Å². The summed E-state index contributed by atoms with van der Waals surface area (Å²) in [5, 5.41) is 0. The van der Waals surface area contributed by atoms with Crippen LogP contribution in [0.15, 0.2) is 0 Å². The average molecular weight is 239 g/mol. The molecular weight excluding hydrogens is 214 g/mol. The molecule has 98 valence electrons. The van der Waals surface area contributed by atoms with Gasteiger partial charge in [0.2, 0.25) is 0 Å². The first-order valence-corrected chi connectivity index (χ1v) is 6.83. The van der Waals surface area contributed by atoms with Gasteiger partial charge in [0, 0.05) is 0 Å². The van der Waals surface area contributed by atoms with Crippen molar-refractivity contribution in [1.82, 2.24) is 0 Å². The molecule has 2 bridgehead atoms. The van der Waals surface area contributed by atoms with Crippen LogP contribution >= 0.6 is 0 Å². The Bertz CT molecular complexity index is 295. The molecule has 2 aliphatic rings. The molecule has 2 saturated carbocycles. The summed E-state index contributed by atoms with van der Waals surface area (Å²) in [5.41, 5.74) is 5.53. The number of hydrogen-bond acceptors (Lipinski definition) is 3. The van der Waals surface area contributed by atoms with Crippen LogP contribution in [-0.2, 0) is 9.53 Å². The predicted molar refractivity (Wildman–Crippen MR) is 67.4 cm³/mol. The van der Waals surface area contributed by atoms with Crippen molar-refractivity contribution in [2.75, 3.05) is 0 Å². The van der Waals surface area contributed by atoms with Gasteiger partial charge in [0.25, 0.3) is 0 Å². The first-order chi connectivity index (χ1) is 7.85. The van der Waals surface area contributed by atoms with Crippen LogP contribution in [0.25, 0.3) is 0 Å². The quantitative estimate of drug-likeness (QED) is 0.770. The lowest BCUT2D eigenvalue weighted by atomic mass is 9.84. The highest BCUT2D eigenvalue weighted by molar-refractivity contribution is 5.75. The molecule has 2 rings (SSSR count). The molecule has 0 aromatic rings. The Hall–Kier alpha value is -0.570. The first kappa shape index (κ1) is 12.9. The Labute approximate surface area is 104 Å². The number of carbonyl (C=O) groups excluding carboxylic acids is 1. The molecule has 2 fully saturated rings. The minimum atomic E-state index is -0.432. The molecule has 0 radical (unpaired) electrons. The van der Waals surface area contributed by atoms with Gasteiger partial charge in [0.1, 0.15) is 11.6 Å². The predicted octanol–water partition coefficient (Wildman–Crippen LogP) is 2.48. The highest BCUT2D eigenvalue weighted by atomic mass is 16.6. The van der Waals surface area contributed by atoms with Gasteiger partial charge in [0.05, 0.1) is 0 Å². The van der Waals surface area contributed by atoms with Gasteiger partial charge in [-0.25, -0.2) is 0 Å². The van der Waals surface area contributed by atoms with Gasteiger partial charge < -0.3 is 10.5 Å². The fraction of sp³-hybridized carbons (Fsp3) is 0.929. The second-order valence-corrected chi connectivity index (χ2v) is 6.81. The number of hydrogen-bond donors (Lipinski definition) is 1. The minimum absolute atomic E-state index is 0.236. The summed E-state index contributed by atoms with van der Waals surface area (Å²) >= 11 is 0.